The average molecular weight is 248 g/mol. The molecule has 0 unspecified atom stereocenters. The van der Waals surface area contributed by atoms with Gasteiger partial charge in [-0.25, -0.2) is 0 Å². The minimum Gasteiger partial charge on any atom is -0.508 e. The monoisotopic (exact) mass is 248 g/mol. The van der Waals surface area contributed by atoms with Crippen molar-refractivity contribution in [3.63, 3.8) is 0 Å². The first-order chi connectivity index (χ1) is 8.10. The summed E-state index contributed by atoms with van der Waals surface area (Å²) in [6.45, 7) is 9.77. The van der Waals surface area contributed by atoms with Gasteiger partial charge in [0.15, 0.2) is 5.78 Å². The molecule has 0 saturated carbocycles. The van der Waals surface area contributed by atoms with E-state index in [1.165, 1.54) is 0 Å². The van der Waals surface area contributed by atoms with E-state index in [2.05, 4.69) is 0 Å². The fourth-order valence-electron chi connectivity index (χ4n) is 2.29. The molecule has 0 radical (unpaired) electrons. The number of carbonyl (C=O) groups excluding carboxylic acids is 1. The van der Waals surface area contributed by atoms with Gasteiger partial charge in [0.25, 0.3) is 0 Å². The molecule has 1 aromatic carbocycles. The molecule has 0 amide bonds. The Bertz CT molecular complexity index is 507. The quantitative estimate of drug-likeness (QED) is 0.765. The lowest BCUT2D eigenvalue weighted by atomic mass is 9.83. The van der Waals surface area contributed by atoms with Crippen molar-refractivity contribution < 1.29 is 14.6 Å². The minimum atomic E-state index is -0.500. The number of hydrogen-bond donors (Lipinski definition) is 1. The molecule has 0 saturated heterocycles. The zero-order valence-corrected chi connectivity index (χ0v) is 11.6. The fourth-order valence-corrected chi connectivity index (χ4v) is 2.29. The molecule has 1 aliphatic heterocycles. The summed E-state index contributed by atoms with van der Waals surface area (Å²) in [6.07, 6.45) is 0.369. The highest BCUT2D eigenvalue weighted by Gasteiger charge is 2.34. The van der Waals surface area contributed by atoms with Crippen molar-refractivity contribution in [3.05, 3.63) is 23.3 Å². The molecule has 2 rings (SSSR count). The number of hydrogen-bond acceptors (Lipinski definition) is 3. The third-order valence-corrected chi connectivity index (χ3v) is 3.18. The average Bonchev–Trinajstić information content (AvgIpc) is 2.11. The number of ketones is 1. The molecule has 3 heteroatoms. The minimum absolute atomic E-state index is 0.0757. The van der Waals surface area contributed by atoms with E-state index in [-0.39, 0.29) is 16.9 Å². The van der Waals surface area contributed by atoms with Crippen LogP contribution >= 0.6 is 0 Å². The van der Waals surface area contributed by atoms with Crippen molar-refractivity contribution in [1.29, 1.82) is 0 Å². The summed E-state index contributed by atoms with van der Waals surface area (Å²) in [7, 11) is 0. The van der Waals surface area contributed by atoms with Gasteiger partial charge in [-0.3, -0.25) is 4.79 Å². The maximum Gasteiger partial charge on any atom is 0.170 e. The number of phenolic OH excluding ortho intramolecular Hbond substituents is 1. The maximum atomic E-state index is 12.1. The van der Waals surface area contributed by atoms with Crippen LogP contribution in [0.3, 0.4) is 0 Å². The van der Waals surface area contributed by atoms with E-state index >= 15 is 0 Å². The Balaban J connectivity index is 2.58. The van der Waals surface area contributed by atoms with Gasteiger partial charge in [0, 0.05) is 11.6 Å². The summed E-state index contributed by atoms with van der Waals surface area (Å²) in [6, 6.07) is 3.33. The van der Waals surface area contributed by atoms with E-state index in [4.69, 9.17) is 4.74 Å². The van der Waals surface area contributed by atoms with Crippen LogP contribution in [0.5, 0.6) is 11.5 Å². The second-order valence-electron chi connectivity index (χ2n) is 6.58. The zero-order chi connectivity index (χ0) is 13.7. The van der Waals surface area contributed by atoms with Crippen LogP contribution in [-0.2, 0) is 5.41 Å². The first-order valence-corrected chi connectivity index (χ1v) is 6.20. The van der Waals surface area contributed by atoms with Gasteiger partial charge in [0.1, 0.15) is 17.1 Å². The van der Waals surface area contributed by atoms with E-state index in [1.807, 2.05) is 34.6 Å². The van der Waals surface area contributed by atoms with Gasteiger partial charge < -0.3 is 9.84 Å². The van der Waals surface area contributed by atoms with Crippen LogP contribution < -0.4 is 4.74 Å². The summed E-state index contributed by atoms with van der Waals surface area (Å²) in [5.41, 5.74) is 0.654. The molecule has 0 bridgehead atoms. The Hall–Kier alpha value is -1.51. The second kappa shape index (κ2) is 3.74. The summed E-state index contributed by atoms with van der Waals surface area (Å²) in [5.74, 6) is 0.750. The van der Waals surface area contributed by atoms with Gasteiger partial charge in [0.2, 0.25) is 0 Å². The number of rotatable bonds is 0. The van der Waals surface area contributed by atoms with Crippen molar-refractivity contribution in [2.24, 2.45) is 0 Å². The third-order valence-electron chi connectivity index (χ3n) is 3.18. The van der Waals surface area contributed by atoms with E-state index < -0.39 is 5.60 Å². The standard InChI is InChI=1S/C15H20O3/c1-14(2,3)10-6-9-12(17)8-15(4,5)18-13(9)7-11(10)16/h6-7,16H,8H2,1-5H3. The largest absolute Gasteiger partial charge is 0.508 e. The van der Waals surface area contributed by atoms with Crippen molar-refractivity contribution in [3.8, 4) is 11.5 Å². The van der Waals surface area contributed by atoms with Crippen molar-refractivity contribution in [1.82, 2.24) is 0 Å². The van der Waals surface area contributed by atoms with Gasteiger partial charge in [0.05, 0.1) is 12.0 Å². The summed E-state index contributed by atoms with van der Waals surface area (Å²) in [4.78, 5) is 12.1. The zero-order valence-electron chi connectivity index (χ0n) is 11.6. The van der Waals surface area contributed by atoms with Crippen LogP contribution in [-0.4, -0.2) is 16.5 Å². The molecule has 0 aromatic heterocycles. The molecule has 1 aliphatic rings. The first-order valence-electron chi connectivity index (χ1n) is 6.20. The number of ether oxygens (including phenoxy) is 1. The van der Waals surface area contributed by atoms with Gasteiger partial charge in [-0.15, -0.1) is 0 Å². The highest BCUT2D eigenvalue weighted by molar-refractivity contribution is 6.00. The molecule has 1 heterocycles. The molecular formula is C15H20O3. The molecular weight excluding hydrogens is 228 g/mol. The Morgan fingerprint density at radius 1 is 1.28 bits per heavy atom. The lowest BCUT2D eigenvalue weighted by Crippen LogP contribution is -2.36. The van der Waals surface area contributed by atoms with Crippen molar-refractivity contribution in [2.75, 3.05) is 0 Å². The predicted molar refractivity (Wildman–Crippen MR) is 70.5 cm³/mol. The molecule has 1 N–H and O–H groups in total. The normalized spacial score (nSPS) is 18.2. The predicted octanol–water partition coefficient (Wildman–Crippen LogP) is 3.43. The van der Waals surface area contributed by atoms with Gasteiger partial charge in [-0.05, 0) is 25.3 Å². The molecule has 18 heavy (non-hydrogen) atoms. The molecule has 3 nitrogen and oxygen atoms in total. The summed E-state index contributed by atoms with van der Waals surface area (Å²) < 4.78 is 5.76. The van der Waals surface area contributed by atoms with Gasteiger partial charge >= 0.3 is 0 Å². The Kier molecular flexibility index (Phi) is 2.69. The first kappa shape index (κ1) is 12.9. The number of aromatic hydroxyl groups is 1. The Morgan fingerprint density at radius 2 is 1.89 bits per heavy atom. The summed E-state index contributed by atoms with van der Waals surface area (Å²) in [5, 5.41) is 10.1. The fraction of sp³-hybridized carbons (Fsp3) is 0.533. The molecule has 0 fully saturated rings. The lowest BCUT2D eigenvalue weighted by Gasteiger charge is -2.33. The molecule has 1 aromatic rings. The van der Waals surface area contributed by atoms with Gasteiger partial charge in [-0.2, -0.15) is 0 Å². The van der Waals surface area contributed by atoms with E-state index in [1.54, 1.807) is 12.1 Å². The molecule has 98 valence electrons. The number of phenols is 1. The lowest BCUT2D eigenvalue weighted by molar-refractivity contribution is 0.0618. The highest BCUT2D eigenvalue weighted by Crippen LogP contribution is 2.40. The maximum absolute atomic E-state index is 12.1. The van der Waals surface area contributed by atoms with Gasteiger partial charge in [-0.1, -0.05) is 20.8 Å². The topological polar surface area (TPSA) is 46.5 Å². The van der Waals surface area contributed by atoms with Crippen LogP contribution in [0.4, 0.5) is 0 Å². The van der Waals surface area contributed by atoms with Crippen molar-refractivity contribution in [2.45, 2.75) is 52.1 Å². The smallest absolute Gasteiger partial charge is 0.170 e. The van der Waals surface area contributed by atoms with Crippen LogP contribution in [0, 0.1) is 0 Å². The molecule has 0 atom stereocenters. The number of fused-ring (bicyclic) bond motifs is 1. The van der Waals surface area contributed by atoms with E-state index in [9.17, 15) is 9.90 Å². The van der Waals surface area contributed by atoms with Crippen LogP contribution in [0.1, 0.15) is 57.0 Å². The van der Waals surface area contributed by atoms with E-state index in [0.717, 1.165) is 5.56 Å². The highest BCUT2D eigenvalue weighted by atomic mass is 16.5. The van der Waals surface area contributed by atoms with E-state index in [0.29, 0.717) is 17.7 Å². The van der Waals surface area contributed by atoms with Crippen LogP contribution in [0.25, 0.3) is 0 Å². The number of benzene rings is 1. The second-order valence-corrected chi connectivity index (χ2v) is 6.58. The Morgan fingerprint density at radius 3 is 2.44 bits per heavy atom. The van der Waals surface area contributed by atoms with Crippen molar-refractivity contribution >= 4 is 5.78 Å². The SMILES string of the molecule is CC1(C)CC(=O)c2cc(C(C)(C)C)c(O)cc2O1. The van der Waals surface area contributed by atoms with Crippen LogP contribution in [0.2, 0.25) is 0 Å². The summed E-state index contributed by atoms with van der Waals surface area (Å²) >= 11 is 0. The molecule has 0 spiro atoms. The number of carbonyl (C=O) groups is 1. The van der Waals surface area contributed by atoms with Crippen LogP contribution in [0.15, 0.2) is 12.1 Å². The molecule has 0 aliphatic carbocycles. The third kappa shape index (κ3) is 2.22. The Labute approximate surface area is 108 Å². The number of Topliss-reactive ketones (excluding diaryl/α,β-unsaturated/α-hetero) is 1.